The molecule has 1 aromatic heterocycles. The third-order valence-corrected chi connectivity index (χ3v) is 3.33. The van der Waals surface area contributed by atoms with Gasteiger partial charge in [-0.3, -0.25) is 10.1 Å². The average Bonchev–Trinajstić information content (AvgIpc) is 2.38. The van der Waals surface area contributed by atoms with Crippen LogP contribution in [-0.4, -0.2) is 16.5 Å². The zero-order chi connectivity index (χ0) is 15.0. The van der Waals surface area contributed by atoms with E-state index < -0.39 is 4.92 Å². The summed E-state index contributed by atoms with van der Waals surface area (Å²) < 4.78 is 0. The van der Waals surface area contributed by atoms with E-state index >= 15 is 0 Å². The molecule has 0 aliphatic heterocycles. The zero-order valence-corrected chi connectivity index (χ0v) is 12.8. The van der Waals surface area contributed by atoms with Crippen LogP contribution in [-0.2, 0) is 0 Å². The van der Waals surface area contributed by atoms with Crippen molar-refractivity contribution in [2.45, 2.75) is 46.0 Å². The molecule has 5 nitrogen and oxygen atoms in total. The van der Waals surface area contributed by atoms with E-state index in [-0.39, 0.29) is 5.69 Å². The molecule has 0 amide bonds. The van der Waals surface area contributed by atoms with Gasteiger partial charge in [0.1, 0.15) is 12.0 Å². The second-order valence-electron chi connectivity index (χ2n) is 5.30. The lowest BCUT2D eigenvalue weighted by molar-refractivity contribution is -0.385. The first-order valence-electron chi connectivity index (χ1n) is 7.04. The van der Waals surface area contributed by atoms with Crippen molar-refractivity contribution < 1.29 is 4.92 Å². The summed E-state index contributed by atoms with van der Waals surface area (Å²) >= 11 is 5.94. The maximum atomic E-state index is 10.6. The Bertz CT molecular complexity index is 438. The number of halogens is 1. The summed E-state index contributed by atoms with van der Waals surface area (Å²) in [6.45, 7) is 5.26. The van der Waals surface area contributed by atoms with Crippen LogP contribution in [0, 0.1) is 16.0 Å². The highest BCUT2D eigenvalue weighted by molar-refractivity contribution is 6.33. The van der Waals surface area contributed by atoms with E-state index in [0.29, 0.717) is 10.8 Å². The SMILES string of the molecule is CC(C)CCCCCCNc1ncc([N+](=O)[O-])cc1Cl. The predicted molar refractivity (Wildman–Crippen MR) is 82.3 cm³/mol. The lowest BCUT2D eigenvalue weighted by atomic mass is 10.0. The van der Waals surface area contributed by atoms with Crippen LogP contribution in [0.25, 0.3) is 0 Å². The number of unbranched alkanes of at least 4 members (excludes halogenated alkanes) is 3. The van der Waals surface area contributed by atoms with Gasteiger partial charge in [0.2, 0.25) is 0 Å². The number of hydrogen-bond donors (Lipinski definition) is 1. The number of nitro groups is 1. The topological polar surface area (TPSA) is 68.1 Å². The van der Waals surface area contributed by atoms with Crippen LogP contribution in [0.2, 0.25) is 5.02 Å². The molecule has 0 spiro atoms. The van der Waals surface area contributed by atoms with Crippen LogP contribution in [0.1, 0.15) is 46.0 Å². The van der Waals surface area contributed by atoms with Crippen LogP contribution in [0.4, 0.5) is 11.5 Å². The van der Waals surface area contributed by atoms with E-state index in [1.165, 1.54) is 37.9 Å². The van der Waals surface area contributed by atoms with Gasteiger partial charge in [0.15, 0.2) is 0 Å². The Kier molecular flexibility index (Phi) is 7.30. The van der Waals surface area contributed by atoms with E-state index in [0.717, 1.165) is 18.9 Å². The number of hydrogen-bond acceptors (Lipinski definition) is 4. The fraction of sp³-hybridized carbons (Fsp3) is 0.643. The fourth-order valence-corrected chi connectivity index (χ4v) is 2.12. The number of nitrogens with zero attached hydrogens (tertiary/aromatic N) is 2. The molecule has 0 aliphatic rings. The quantitative estimate of drug-likeness (QED) is 0.409. The van der Waals surface area contributed by atoms with Gasteiger partial charge in [0.25, 0.3) is 5.69 Å². The van der Waals surface area contributed by atoms with E-state index in [1.54, 1.807) is 0 Å². The Balaban J connectivity index is 2.24. The summed E-state index contributed by atoms with van der Waals surface area (Å²) in [6, 6.07) is 1.32. The average molecular weight is 300 g/mol. The van der Waals surface area contributed by atoms with Crippen molar-refractivity contribution in [3.63, 3.8) is 0 Å². The number of pyridine rings is 1. The molecule has 0 aromatic carbocycles. The highest BCUT2D eigenvalue weighted by atomic mass is 35.5. The second kappa shape index (κ2) is 8.74. The standard InChI is InChI=1S/C14H22ClN3O2/c1-11(2)7-5-3-4-6-8-16-14-13(15)9-12(10-17-14)18(19)20/h9-11H,3-8H2,1-2H3,(H,16,17). The molecular formula is C14H22ClN3O2. The van der Waals surface area contributed by atoms with Crippen LogP contribution in [0.15, 0.2) is 12.3 Å². The fourth-order valence-electron chi connectivity index (χ4n) is 1.90. The lowest BCUT2D eigenvalue weighted by Crippen LogP contribution is -2.04. The molecule has 1 N–H and O–H groups in total. The van der Waals surface area contributed by atoms with Gasteiger partial charge in [-0.1, -0.05) is 51.1 Å². The highest BCUT2D eigenvalue weighted by Gasteiger charge is 2.10. The van der Waals surface area contributed by atoms with Gasteiger partial charge >= 0.3 is 0 Å². The number of nitrogens with one attached hydrogen (secondary N) is 1. The molecule has 20 heavy (non-hydrogen) atoms. The minimum absolute atomic E-state index is 0.0887. The molecule has 0 radical (unpaired) electrons. The molecule has 0 bridgehead atoms. The first-order valence-corrected chi connectivity index (χ1v) is 7.42. The monoisotopic (exact) mass is 299 g/mol. The van der Waals surface area contributed by atoms with Crippen molar-refractivity contribution in [1.29, 1.82) is 0 Å². The molecule has 6 heteroatoms. The summed E-state index contributed by atoms with van der Waals surface area (Å²) in [6.07, 6.45) is 7.23. The molecule has 0 atom stereocenters. The molecule has 0 saturated carbocycles. The molecule has 1 heterocycles. The van der Waals surface area contributed by atoms with E-state index in [4.69, 9.17) is 11.6 Å². The molecular weight excluding hydrogens is 278 g/mol. The second-order valence-corrected chi connectivity index (χ2v) is 5.71. The predicted octanol–water partition coefficient (Wildman–Crippen LogP) is 4.66. The first kappa shape index (κ1) is 16.7. The highest BCUT2D eigenvalue weighted by Crippen LogP contribution is 2.23. The molecule has 0 fully saturated rings. The lowest BCUT2D eigenvalue weighted by Gasteiger charge is -2.07. The van der Waals surface area contributed by atoms with Crippen LogP contribution in [0.3, 0.4) is 0 Å². The summed E-state index contributed by atoms with van der Waals surface area (Å²) in [5.41, 5.74) is -0.0887. The van der Waals surface area contributed by atoms with Gasteiger partial charge in [-0.2, -0.15) is 0 Å². The van der Waals surface area contributed by atoms with Gasteiger partial charge in [-0.25, -0.2) is 4.98 Å². The maximum Gasteiger partial charge on any atom is 0.289 e. The van der Waals surface area contributed by atoms with E-state index in [1.807, 2.05) is 0 Å². The smallest absolute Gasteiger partial charge is 0.289 e. The van der Waals surface area contributed by atoms with Gasteiger partial charge < -0.3 is 5.32 Å². The van der Waals surface area contributed by atoms with Crippen LogP contribution < -0.4 is 5.32 Å². The Labute approximate surface area is 124 Å². The third-order valence-electron chi connectivity index (χ3n) is 3.04. The Morgan fingerprint density at radius 1 is 1.35 bits per heavy atom. The Morgan fingerprint density at radius 2 is 2.05 bits per heavy atom. The number of rotatable bonds is 9. The van der Waals surface area contributed by atoms with Crippen molar-refractivity contribution >= 4 is 23.1 Å². The molecule has 0 aliphatic carbocycles. The zero-order valence-electron chi connectivity index (χ0n) is 12.1. The van der Waals surface area contributed by atoms with Crippen molar-refractivity contribution in [2.24, 2.45) is 5.92 Å². The van der Waals surface area contributed by atoms with Crippen LogP contribution >= 0.6 is 11.6 Å². The van der Waals surface area contributed by atoms with Crippen molar-refractivity contribution in [3.8, 4) is 0 Å². The largest absolute Gasteiger partial charge is 0.369 e. The Morgan fingerprint density at radius 3 is 2.65 bits per heavy atom. The third kappa shape index (κ3) is 6.19. The van der Waals surface area contributed by atoms with Gasteiger partial charge in [-0.05, 0) is 12.3 Å². The minimum atomic E-state index is -0.503. The normalized spacial score (nSPS) is 10.8. The van der Waals surface area contributed by atoms with E-state index in [9.17, 15) is 10.1 Å². The van der Waals surface area contributed by atoms with Gasteiger partial charge in [0, 0.05) is 12.6 Å². The maximum absolute atomic E-state index is 10.6. The minimum Gasteiger partial charge on any atom is -0.369 e. The Hall–Kier alpha value is -1.36. The van der Waals surface area contributed by atoms with Crippen LogP contribution in [0.5, 0.6) is 0 Å². The summed E-state index contributed by atoms with van der Waals surface area (Å²) in [4.78, 5) is 14.0. The first-order chi connectivity index (χ1) is 9.50. The molecule has 0 unspecified atom stereocenters. The molecule has 1 aromatic rings. The van der Waals surface area contributed by atoms with E-state index in [2.05, 4.69) is 24.1 Å². The van der Waals surface area contributed by atoms with Gasteiger partial charge in [0.05, 0.1) is 9.95 Å². The summed E-state index contributed by atoms with van der Waals surface area (Å²) in [5, 5.41) is 14.0. The van der Waals surface area contributed by atoms with Gasteiger partial charge in [-0.15, -0.1) is 0 Å². The summed E-state index contributed by atoms with van der Waals surface area (Å²) in [7, 11) is 0. The van der Waals surface area contributed by atoms with Crippen molar-refractivity contribution in [3.05, 3.63) is 27.4 Å². The molecule has 0 saturated heterocycles. The van der Waals surface area contributed by atoms with Crippen molar-refractivity contribution in [1.82, 2.24) is 4.98 Å². The summed E-state index contributed by atoms with van der Waals surface area (Å²) in [5.74, 6) is 1.29. The molecule has 1 rings (SSSR count). The number of aromatic nitrogens is 1. The van der Waals surface area contributed by atoms with Crippen molar-refractivity contribution in [2.75, 3.05) is 11.9 Å². The molecule has 112 valence electrons. The number of anilines is 1.